The number of rotatable bonds is 4. The summed E-state index contributed by atoms with van der Waals surface area (Å²) in [6.07, 6.45) is 1.28. The van der Waals surface area contributed by atoms with E-state index in [9.17, 15) is 9.59 Å². The van der Waals surface area contributed by atoms with Crippen LogP contribution in [0.15, 0.2) is 21.5 Å². The number of fused-ring (bicyclic) bond motifs is 1. The molecule has 0 aliphatic carbocycles. The summed E-state index contributed by atoms with van der Waals surface area (Å²) in [5.74, 6) is 0.382. The van der Waals surface area contributed by atoms with Crippen LogP contribution in [0.4, 0.5) is 0 Å². The van der Waals surface area contributed by atoms with Gasteiger partial charge in [0.15, 0.2) is 0 Å². The van der Waals surface area contributed by atoms with Crippen molar-refractivity contribution < 1.29 is 9.32 Å². The minimum Gasteiger partial charge on any atom is -0.361 e. The van der Waals surface area contributed by atoms with Gasteiger partial charge in [-0.15, -0.1) is 0 Å². The average Bonchev–Trinajstić information content (AvgIpc) is 3.09. The standard InChI is InChI=1S/C24H25Cl2N3O3/c1-6-15-9-12(2)28(5)23(30)18(15)11-29-8-7-16-19(25)10-17(22(26)21(16)24(29)31)20-13(3)27-32-14(20)4/h9-10H,6-8,11H2,1-5H3. The number of pyridine rings is 1. The van der Waals surface area contributed by atoms with Crippen molar-refractivity contribution in [2.45, 2.75) is 47.1 Å². The average molecular weight is 474 g/mol. The molecule has 1 aliphatic heterocycles. The molecule has 1 aliphatic rings. The maximum atomic E-state index is 13.6. The van der Waals surface area contributed by atoms with Crippen LogP contribution in [0.2, 0.25) is 10.0 Å². The Balaban J connectivity index is 1.80. The third-order valence-electron chi connectivity index (χ3n) is 6.35. The van der Waals surface area contributed by atoms with Gasteiger partial charge in [0.25, 0.3) is 11.5 Å². The Hall–Kier alpha value is -2.57. The number of hydrogen-bond donors (Lipinski definition) is 0. The van der Waals surface area contributed by atoms with Crippen molar-refractivity contribution in [3.05, 3.63) is 71.9 Å². The fraction of sp³-hybridized carbons (Fsp3) is 0.375. The number of nitrogens with zero attached hydrogens (tertiary/aromatic N) is 3. The second-order valence-corrected chi connectivity index (χ2v) is 9.04. The summed E-state index contributed by atoms with van der Waals surface area (Å²) in [7, 11) is 1.75. The molecule has 6 nitrogen and oxygen atoms in total. The molecule has 3 aromatic rings. The summed E-state index contributed by atoms with van der Waals surface area (Å²) in [5.41, 5.74) is 5.59. The molecule has 3 heterocycles. The van der Waals surface area contributed by atoms with Crippen molar-refractivity contribution >= 4 is 29.1 Å². The topological polar surface area (TPSA) is 68.3 Å². The molecule has 1 aromatic carbocycles. The monoisotopic (exact) mass is 473 g/mol. The molecule has 0 fully saturated rings. The molecule has 0 radical (unpaired) electrons. The van der Waals surface area contributed by atoms with E-state index in [-0.39, 0.29) is 18.0 Å². The molecule has 0 saturated carbocycles. The van der Waals surface area contributed by atoms with E-state index in [1.165, 1.54) is 0 Å². The molecular weight excluding hydrogens is 449 g/mol. The van der Waals surface area contributed by atoms with Gasteiger partial charge in [-0.2, -0.15) is 0 Å². The first-order valence-electron chi connectivity index (χ1n) is 10.6. The Morgan fingerprint density at radius 1 is 1.12 bits per heavy atom. The highest BCUT2D eigenvalue weighted by Crippen LogP contribution is 2.41. The highest BCUT2D eigenvalue weighted by molar-refractivity contribution is 6.39. The van der Waals surface area contributed by atoms with Gasteiger partial charge in [-0.1, -0.05) is 35.3 Å². The molecule has 0 saturated heterocycles. The lowest BCUT2D eigenvalue weighted by molar-refractivity contribution is 0.0726. The molecule has 0 atom stereocenters. The van der Waals surface area contributed by atoms with Gasteiger partial charge in [0, 0.05) is 41.0 Å². The summed E-state index contributed by atoms with van der Waals surface area (Å²) < 4.78 is 6.91. The first-order chi connectivity index (χ1) is 15.1. The number of carbonyl (C=O) groups excluding carboxylic acids is 1. The van der Waals surface area contributed by atoms with Crippen LogP contribution >= 0.6 is 23.2 Å². The largest absolute Gasteiger partial charge is 0.361 e. The Kier molecular flexibility index (Phi) is 5.94. The van der Waals surface area contributed by atoms with E-state index in [0.717, 1.165) is 22.4 Å². The van der Waals surface area contributed by atoms with Crippen molar-refractivity contribution in [3.63, 3.8) is 0 Å². The third-order valence-corrected chi connectivity index (χ3v) is 7.07. The molecular formula is C24H25Cl2N3O3. The molecule has 8 heteroatoms. The predicted octanol–water partition coefficient (Wildman–Crippen LogP) is 5.03. The minimum absolute atomic E-state index is 0.0750. The van der Waals surface area contributed by atoms with E-state index >= 15 is 0 Å². The zero-order valence-electron chi connectivity index (χ0n) is 18.8. The number of amides is 1. The quantitative estimate of drug-likeness (QED) is 0.532. The molecule has 1 amide bonds. The molecule has 0 unspecified atom stereocenters. The Bertz CT molecular complexity index is 1290. The van der Waals surface area contributed by atoms with Crippen molar-refractivity contribution in [3.8, 4) is 11.1 Å². The Labute approximate surface area is 196 Å². The van der Waals surface area contributed by atoms with Crippen molar-refractivity contribution in [1.82, 2.24) is 14.6 Å². The van der Waals surface area contributed by atoms with Gasteiger partial charge in [-0.3, -0.25) is 9.59 Å². The second kappa shape index (κ2) is 8.41. The molecule has 0 N–H and O–H groups in total. The van der Waals surface area contributed by atoms with E-state index in [4.69, 9.17) is 27.7 Å². The van der Waals surface area contributed by atoms with Crippen molar-refractivity contribution in [2.75, 3.05) is 6.54 Å². The highest BCUT2D eigenvalue weighted by Gasteiger charge is 2.32. The molecule has 0 bridgehead atoms. The van der Waals surface area contributed by atoms with Crippen LogP contribution in [-0.4, -0.2) is 27.1 Å². The second-order valence-electron chi connectivity index (χ2n) is 8.26. The number of aromatic nitrogens is 2. The van der Waals surface area contributed by atoms with E-state index in [2.05, 4.69) is 5.16 Å². The van der Waals surface area contributed by atoms with Gasteiger partial charge in [0.2, 0.25) is 0 Å². The SMILES string of the molecule is CCc1cc(C)n(C)c(=O)c1CN1CCc2c(Cl)cc(-c3c(C)noc3C)c(Cl)c2C1=O. The number of carbonyl (C=O) groups is 1. The zero-order valence-corrected chi connectivity index (χ0v) is 20.3. The Morgan fingerprint density at radius 2 is 1.84 bits per heavy atom. The number of hydrogen-bond acceptors (Lipinski definition) is 4. The third kappa shape index (κ3) is 3.55. The Morgan fingerprint density at radius 3 is 2.47 bits per heavy atom. The van der Waals surface area contributed by atoms with E-state index < -0.39 is 0 Å². The van der Waals surface area contributed by atoms with Crippen molar-refractivity contribution in [1.29, 1.82) is 0 Å². The highest BCUT2D eigenvalue weighted by atomic mass is 35.5. The zero-order chi connectivity index (χ0) is 23.3. The van der Waals surface area contributed by atoms with Gasteiger partial charge in [-0.05, 0) is 56.9 Å². The minimum atomic E-state index is -0.226. The van der Waals surface area contributed by atoms with Crippen LogP contribution < -0.4 is 5.56 Å². The van der Waals surface area contributed by atoms with Crippen LogP contribution in [0.5, 0.6) is 0 Å². The van der Waals surface area contributed by atoms with E-state index in [1.807, 2.05) is 26.8 Å². The van der Waals surface area contributed by atoms with Crippen LogP contribution in [0, 0.1) is 20.8 Å². The normalized spacial score (nSPS) is 13.6. The van der Waals surface area contributed by atoms with Crippen LogP contribution in [-0.2, 0) is 26.4 Å². The lowest BCUT2D eigenvalue weighted by atomic mass is 9.92. The van der Waals surface area contributed by atoms with Gasteiger partial charge in [0.1, 0.15) is 5.76 Å². The van der Waals surface area contributed by atoms with Crippen LogP contribution in [0.1, 0.15) is 51.1 Å². The lowest BCUT2D eigenvalue weighted by Crippen LogP contribution is -2.40. The molecule has 0 spiro atoms. The first kappa shape index (κ1) is 22.6. The smallest absolute Gasteiger partial charge is 0.256 e. The van der Waals surface area contributed by atoms with Gasteiger partial charge in [0.05, 0.1) is 22.8 Å². The molecule has 168 valence electrons. The summed E-state index contributed by atoms with van der Waals surface area (Å²) in [6, 6.07) is 3.79. The van der Waals surface area contributed by atoms with Gasteiger partial charge >= 0.3 is 0 Å². The number of halogens is 2. The summed E-state index contributed by atoms with van der Waals surface area (Å²) >= 11 is 13.4. The van der Waals surface area contributed by atoms with Crippen molar-refractivity contribution in [2.24, 2.45) is 7.05 Å². The van der Waals surface area contributed by atoms with Crippen LogP contribution in [0.25, 0.3) is 11.1 Å². The predicted molar refractivity (Wildman–Crippen MR) is 126 cm³/mol. The van der Waals surface area contributed by atoms with E-state index in [0.29, 0.717) is 57.6 Å². The van der Waals surface area contributed by atoms with Gasteiger partial charge < -0.3 is 14.0 Å². The summed E-state index contributed by atoms with van der Waals surface area (Å²) in [5, 5.41) is 4.83. The van der Waals surface area contributed by atoms with Gasteiger partial charge in [-0.25, -0.2) is 0 Å². The fourth-order valence-corrected chi connectivity index (χ4v) is 5.09. The molecule has 4 rings (SSSR count). The van der Waals surface area contributed by atoms with Crippen LogP contribution in [0.3, 0.4) is 0 Å². The first-order valence-corrected chi connectivity index (χ1v) is 11.3. The number of benzene rings is 1. The fourth-order valence-electron chi connectivity index (χ4n) is 4.45. The number of aryl methyl sites for hydroxylation is 4. The summed E-state index contributed by atoms with van der Waals surface area (Å²) in [4.78, 5) is 28.2. The van der Waals surface area contributed by atoms with E-state index in [1.54, 1.807) is 29.5 Å². The molecule has 32 heavy (non-hydrogen) atoms. The lowest BCUT2D eigenvalue weighted by Gasteiger charge is -2.31. The molecule has 2 aromatic heterocycles. The summed E-state index contributed by atoms with van der Waals surface area (Å²) in [6.45, 7) is 8.24. The maximum Gasteiger partial charge on any atom is 0.256 e. The maximum absolute atomic E-state index is 13.6.